The van der Waals surface area contributed by atoms with E-state index < -0.39 is 0 Å². The van der Waals surface area contributed by atoms with E-state index in [0.29, 0.717) is 16.0 Å². The van der Waals surface area contributed by atoms with E-state index in [2.05, 4.69) is 15.5 Å². The molecule has 0 radical (unpaired) electrons. The maximum Gasteiger partial charge on any atom is 0.161 e. The molecule has 1 N–H and O–H groups in total. The molecule has 19 heavy (non-hydrogen) atoms. The first kappa shape index (κ1) is 12.2. The zero-order valence-electron chi connectivity index (χ0n) is 9.77. The van der Waals surface area contributed by atoms with Gasteiger partial charge in [-0.15, -0.1) is 10.2 Å². The van der Waals surface area contributed by atoms with Crippen LogP contribution in [0.2, 0.25) is 10.2 Å². The Balaban J connectivity index is 2.12. The van der Waals surface area contributed by atoms with Crippen molar-refractivity contribution < 1.29 is 0 Å². The number of fused-ring (bicyclic) bond motifs is 1. The van der Waals surface area contributed by atoms with Gasteiger partial charge in [0.05, 0.1) is 10.7 Å². The second-order valence-electron chi connectivity index (χ2n) is 3.99. The molecule has 2 aromatic carbocycles. The van der Waals surface area contributed by atoms with Gasteiger partial charge in [-0.1, -0.05) is 59.6 Å². The predicted octanol–water partition coefficient (Wildman–Crippen LogP) is 4.68. The lowest BCUT2D eigenvalue weighted by atomic mass is 10.2. The second kappa shape index (κ2) is 5.03. The summed E-state index contributed by atoms with van der Waals surface area (Å²) in [5.41, 5.74) is 0.783. The summed E-state index contributed by atoms with van der Waals surface area (Å²) >= 11 is 12.2. The van der Waals surface area contributed by atoms with E-state index in [-0.39, 0.29) is 0 Å². The zero-order valence-corrected chi connectivity index (χ0v) is 11.3. The van der Waals surface area contributed by atoms with Gasteiger partial charge >= 0.3 is 0 Å². The molecule has 0 unspecified atom stereocenters. The van der Waals surface area contributed by atoms with Crippen molar-refractivity contribution in [2.24, 2.45) is 0 Å². The standard InChI is InChI=1S/C14H9Cl2N3/c15-11-7-3-4-8-12(11)17-14-10-6-2-1-5-9(10)13(16)18-19-14/h1-8H,(H,17,19). The van der Waals surface area contributed by atoms with Crippen LogP contribution in [0.15, 0.2) is 48.5 Å². The van der Waals surface area contributed by atoms with Crippen molar-refractivity contribution in [2.45, 2.75) is 0 Å². The molecule has 0 fully saturated rings. The number of para-hydroxylation sites is 1. The molecule has 0 aliphatic rings. The molecule has 0 atom stereocenters. The molecule has 3 nitrogen and oxygen atoms in total. The lowest BCUT2D eigenvalue weighted by molar-refractivity contribution is 1.05. The van der Waals surface area contributed by atoms with E-state index >= 15 is 0 Å². The lowest BCUT2D eigenvalue weighted by Crippen LogP contribution is -1.97. The Morgan fingerprint density at radius 3 is 2.26 bits per heavy atom. The molecule has 1 aromatic heterocycles. The third-order valence-electron chi connectivity index (χ3n) is 2.77. The number of halogens is 2. The van der Waals surface area contributed by atoms with Crippen LogP contribution in [0.4, 0.5) is 11.5 Å². The molecule has 0 amide bonds. The van der Waals surface area contributed by atoms with Gasteiger partial charge in [0.2, 0.25) is 0 Å². The molecule has 0 aliphatic heterocycles. The Morgan fingerprint density at radius 1 is 0.789 bits per heavy atom. The number of rotatable bonds is 2. The fraction of sp³-hybridized carbons (Fsp3) is 0. The summed E-state index contributed by atoms with van der Waals surface area (Å²) < 4.78 is 0. The van der Waals surface area contributed by atoms with Crippen LogP contribution in [0.25, 0.3) is 10.8 Å². The summed E-state index contributed by atoms with van der Waals surface area (Å²) in [6.07, 6.45) is 0. The molecule has 5 heteroatoms. The van der Waals surface area contributed by atoms with Crippen LogP contribution in [0.1, 0.15) is 0 Å². The normalized spacial score (nSPS) is 10.6. The fourth-order valence-corrected chi connectivity index (χ4v) is 2.24. The predicted molar refractivity (Wildman–Crippen MR) is 79.3 cm³/mol. The van der Waals surface area contributed by atoms with Gasteiger partial charge in [-0.2, -0.15) is 0 Å². The second-order valence-corrected chi connectivity index (χ2v) is 4.76. The van der Waals surface area contributed by atoms with Crippen molar-refractivity contribution in [1.82, 2.24) is 10.2 Å². The molecule has 3 rings (SSSR count). The van der Waals surface area contributed by atoms with Crippen molar-refractivity contribution in [3.8, 4) is 0 Å². The van der Waals surface area contributed by atoms with Crippen LogP contribution in [-0.2, 0) is 0 Å². The maximum absolute atomic E-state index is 6.12. The minimum atomic E-state index is 0.389. The third kappa shape index (κ3) is 2.35. The first-order valence-electron chi connectivity index (χ1n) is 5.68. The van der Waals surface area contributed by atoms with Crippen molar-refractivity contribution in [3.05, 3.63) is 58.7 Å². The van der Waals surface area contributed by atoms with Gasteiger partial charge in [0, 0.05) is 10.8 Å². The quantitative estimate of drug-likeness (QED) is 0.744. The van der Waals surface area contributed by atoms with Crippen LogP contribution in [0, 0.1) is 0 Å². The number of hydrogen-bond acceptors (Lipinski definition) is 3. The SMILES string of the molecule is Clc1ccccc1Nc1nnc(Cl)c2ccccc12. The molecule has 0 spiro atoms. The first-order valence-corrected chi connectivity index (χ1v) is 6.44. The zero-order chi connectivity index (χ0) is 13.2. The highest BCUT2D eigenvalue weighted by Crippen LogP contribution is 2.30. The lowest BCUT2D eigenvalue weighted by Gasteiger charge is -2.09. The smallest absolute Gasteiger partial charge is 0.161 e. The van der Waals surface area contributed by atoms with Crippen molar-refractivity contribution in [2.75, 3.05) is 5.32 Å². The number of hydrogen-bond donors (Lipinski definition) is 1. The summed E-state index contributed by atoms with van der Waals surface area (Å²) in [6.45, 7) is 0. The Bertz CT molecular complexity index is 744. The molecule has 94 valence electrons. The van der Waals surface area contributed by atoms with Gasteiger partial charge in [-0.25, -0.2) is 0 Å². The topological polar surface area (TPSA) is 37.8 Å². The molecular weight excluding hydrogens is 281 g/mol. The molecule has 3 aromatic rings. The average molecular weight is 290 g/mol. The van der Waals surface area contributed by atoms with Crippen LogP contribution in [0.3, 0.4) is 0 Å². The van der Waals surface area contributed by atoms with E-state index in [0.717, 1.165) is 16.5 Å². The highest BCUT2D eigenvalue weighted by Gasteiger charge is 2.08. The molecule has 0 bridgehead atoms. The van der Waals surface area contributed by atoms with E-state index in [9.17, 15) is 0 Å². The van der Waals surface area contributed by atoms with E-state index in [4.69, 9.17) is 23.2 Å². The molecular formula is C14H9Cl2N3. The summed E-state index contributed by atoms with van der Waals surface area (Å²) in [7, 11) is 0. The highest BCUT2D eigenvalue weighted by molar-refractivity contribution is 6.35. The van der Waals surface area contributed by atoms with Crippen LogP contribution < -0.4 is 5.32 Å². The number of nitrogens with one attached hydrogen (secondary N) is 1. The highest BCUT2D eigenvalue weighted by atomic mass is 35.5. The van der Waals surface area contributed by atoms with Gasteiger partial charge in [-0.05, 0) is 12.1 Å². The van der Waals surface area contributed by atoms with E-state index in [1.54, 1.807) is 0 Å². The Labute approximate surface area is 120 Å². The van der Waals surface area contributed by atoms with Crippen LogP contribution in [0.5, 0.6) is 0 Å². The Morgan fingerprint density at radius 2 is 1.47 bits per heavy atom. The molecule has 1 heterocycles. The fourth-order valence-electron chi connectivity index (χ4n) is 1.85. The first-order chi connectivity index (χ1) is 9.25. The largest absolute Gasteiger partial charge is 0.337 e. The average Bonchev–Trinajstić information content (AvgIpc) is 2.44. The van der Waals surface area contributed by atoms with E-state index in [1.165, 1.54) is 0 Å². The summed E-state index contributed by atoms with van der Waals surface area (Å²) in [5.74, 6) is 0.633. The summed E-state index contributed by atoms with van der Waals surface area (Å²) in [4.78, 5) is 0. The van der Waals surface area contributed by atoms with Gasteiger partial charge in [-0.3, -0.25) is 0 Å². The van der Waals surface area contributed by atoms with Gasteiger partial charge in [0.1, 0.15) is 0 Å². The van der Waals surface area contributed by atoms with Gasteiger partial charge < -0.3 is 5.32 Å². The van der Waals surface area contributed by atoms with E-state index in [1.807, 2.05) is 48.5 Å². The monoisotopic (exact) mass is 289 g/mol. The third-order valence-corrected chi connectivity index (χ3v) is 3.38. The summed E-state index contributed by atoms with van der Waals surface area (Å²) in [6, 6.07) is 15.2. The van der Waals surface area contributed by atoms with Crippen molar-refractivity contribution in [1.29, 1.82) is 0 Å². The van der Waals surface area contributed by atoms with Crippen molar-refractivity contribution in [3.63, 3.8) is 0 Å². The number of benzene rings is 2. The van der Waals surface area contributed by atoms with Crippen LogP contribution in [-0.4, -0.2) is 10.2 Å². The molecule has 0 saturated carbocycles. The maximum atomic E-state index is 6.12. The molecule has 0 saturated heterocycles. The summed E-state index contributed by atoms with van der Waals surface area (Å²) in [5, 5.41) is 14.0. The minimum Gasteiger partial charge on any atom is -0.337 e. The van der Waals surface area contributed by atoms with Gasteiger partial charge in [0.25, 0.3) is 0 Å². The minimum absolute atomic E-state index is 0.389. The van der Waals surface area contributed by atoms with Gasteiger partial charge in [0.15, 0.2) is 11.0 Å². The number of anilines is 2. The van der Waals surface area contributed by atoms with Crippen LogP contribution >= 0.6 is 23.2 Å². The van der Waals surface area contributed by atoms with Crippen molar-refractivity contribution >= 4 is 45.5 Å². The number of nitrogens with zero attached hydrogens (tertiary/aromatic N) is 2. The Hall–Kier alpha value is -1.84. The number of aromatic nitrogens is 2. The Kier molecular flexibility index (Phi) is 3.23. The molecule has 0 aliphatic carbocycles.